The van der Waals surface area contributed by atoms with Crippen molar-refractivity contribution in [2.75, 3.05) is 30.3 Å². The number of aryl methyl sites for hydroxylation is 1. The van der Waals surface area contributed by atoms with E-state index in [-0.39, 0.29) is 18.4 Å². The van der Waals surface area contributed by atoms with Gasteiger partial charge in [-0.2, -0.15) is 0 Å². The molecular formula is C23H31N3O3. The van der Waals surface area contributed by atoms with E-state index < -0.39 is 6.04 Å². The van der Waals surface area contributed by atoms with Crippen molar-refractivity contribution in [2.24, 2.45) is 0 Å². The SMILES string of the molecule is CCCN(CC(=O)Nc1ccccc1C)C(C)C(=O)Nc1ccc(OCC)cc1. The molecule has 1 atom stereocenters. The molecule has 2 N–H and O–H groups in total. The van der Waals surface area contributed by atoms with Gasteiger partial charge in [-0.1, -0.05) is 25.1 Å². The van der Waals surface area contributed by atoms with Crippen LogP contribution in [0.5, 0.6) is 5.75 Å². The quantitative estimate of drug-likeness (QED) is 0.634. The van der Waals surface area contributed by atoms with Crippen molar-refractivity contribution < 1.29 is 14.3 Å². The Bertz CT molecular complexity index is 805. The van der Waals surface area contributed by atoms with Crippen LogP contribution in [-0.2, 0) is 9.59 Å². The van der Waals surface area contributed by atoms with Crippen LogP contribution in [0.3, 0.4) is 0 Å². The van der Waals surface area contributed by atoms with Crippen molar-refractivity contribution >= 4 is 23.2 Å². The Kier molecular flexibility index (Phi) is 8.68. The smallest absolute Gasteiger partial charge is 0.241 e. The van der Waals surface area contributed by atoms with Gasteiger partial charge >= 0.3 is 0 Å². The molecule has 0 bridgehead atoms. The van der Waals surface area contributed by atoms with Crippen LogP contribution in [0.25, 0.3) is 0 Å². The minimum absolute atomic E-state index is 0.131. The van der Waals surface area contributed by atoms with E-state index in [1.807, 2.05) is 81.1 Å². The zero-order valence-corrected chi connectivity index (χ0v) is 17.7. The Labute approximate surface area is 173 Å². The number of rotatable bonds is 10. The third-order valence-corrected chi connectivity index (χ3v) is 4.64. The first-order chi connectivity index (χ1) is 13.9. The highest BCUT2D eigenvalue weighted by Gasteiger charge is 2.23. The summed E-state index contributed by atoms with van der Waals surface area (Å²) in [5, 5.41) is 5.85. The zero-order chi connectivity index (χ0) is 21.2. The van der Waals surface area contributed by atoms with E-state index >= 15 is 0 Å². The molecule has 156 valence electrons. The van der Waals surface area contributed by atoms with E-state index in [1.165, 1.54) is 0 Å². The number of nitrogens with zero attached hydrogens (tertiary/aromatic N) is 1. The summed E-state index contributed by atoms with van der Waals surface area (Å²) in [7, 11) is 0. The van der Waals surface area contributed by atoms with Gasteiger partial charge in [0.1, 0.15) is 5.75 Å². The molecule has 6 heteroatoms. The van der Waals surface area contributed by atoms with Crippen molar-refractivity contribution in [3.05, 3.63) is 54.1 Å². The highest BCUT2D eigenvalue weighted by molar-refractivity contribution is 5.96. The van der Waals surface area contributed by atoms with Crippen molar-refractivity contribution in [2.45, 2.75) is 40.2 Å². The Morgan fingerprint density at radius 2 is 1.72 bits per heavy atom. The van der Waals surface area contributed by atoms with Crippen LogP contribution < -0.4 is 15.4 Å². The van der Waals surface area contributed by atoms with Gasteiger partial charge in [0.25, 0.3) is 0 Å². The molecule has 0 aliphatic rings. The number of para-hydroxylation sites is 1. The maximum absolute atomic E-state index is 12.7. The fraction of sp³-hybridized carbons (Fsp3) is 0.391. The van der Waals surface area contributed by atoms with Gasteiger partial charge in [0.15, 0.2) is 0 Å². The van der Waals surface area contributed by atoms with Crippen molar-refractivity contribution in [1.82, 2.24) is 4.90 Å². The second-order valence-electron chi connectivity index (χ2n) is 6.96. The first-order valence-electron chi connectivity index (χ1n) is 10.1. The molecule has 0 saturated carbocycles. The predicted molar refractivity (Wildman–Crippen MR) is 117 cm³/mol. The molecule has 29 heavy (non-hydrogen) atoms. The molecule has 0 heterocycles. The maximum Gasteiger partial charge on any atom is 0.241 e. The van der Waals surface area contributed by atoms with E-state index in [4.69, 9.17) is 4.74 Å². The third-order valence-electron chi connectivity index (χ3n) is 4.64. The average Bonchev–Trinajstić information content (AvgIpc) is 2.70. The lowest BCUT2D eigenvalue weighted by atomic mass is 10.2. The summed E-state index contributed by atoms with van der Waals surface area (Å²) in [6.07, 6.45) is 0.846. The number of carbonyl (C=O) groups is 2. The van der Waals surface area contributed by atoms with Crippen LogP contribution in [0, 0.1) is 6.92 Å². The van der Waals surface area contributed by atoms with Crippen LogP contribution in [0.4, 0.5) is 11.4 Å². The Balaban J connectivity index is 1.97. The first-order valence-corrected chi connectivity index (χ1v) is 10.1. The summed E-state index contributed by atoms with van der Waals surface area (Å²) in [6, 6.07) is 14.5. The van der Waals surface area contributed by atoms with E-state index in [1.54, 1.807) is 0 Å². The van der Waals surface area contributed by atoms with Gasteiger partial charge < -0.3 is 15.4 Å². The van der Waals surface area contributed by atoms with Gasteiger partial charge in [0.2, 0.25) is 11.8 Å². The normalized spacial score (nSPS) is 11.8. The minimum Gasteiger partial charge on any atom is -0.494 e. The Morgan fingerprint density at radius 1 is 1.03 bits per heavy atom. The van der Waals surface area contributed by atoms with Crippen LogP contribution in [0.15, 0.2) is 48.5 Å². The number of anilines is 2. The summed E-state index contributed by atoms with van der Waals surface area (Å²) in [5.74, 6) is 0.485. The molecule has 0 fully saturated rings. The number of hydrogen-bond donors (Lipinski definition) is 2. The van der Waals surface area contributed by atoms with E-state index in [0.29, 0.717) is 18.8 Å². The van der Waals surface area contributed by atoms with Gasteiger partial charge in [0.05, 0.1) is 19.2 Å². The molecule has 0 aliphatic carbocycles. The summed E-state index contributed by atoms with van der Waals surface area (Å²) in [6.45, 7) is 9.13. The summed E-state index contributed by atoms with van der Waals surface area (Å²) in [5.41, 5.74) is 2.50. The number of ether oxygens (including phenoxy) is 1. The molecule has 1 unspecified atom stereocenters. The highest BCUT2D eigenvalue weighted by atomic mass is 16.5. The second-order valence-corrected chi connectivity index (χ2v) is 6.96. The summed E-state index contributed by atoms with van der Waals surface area (Å²) >= 11 is 0. The van der Waals surface area contributed by atoms with E-state index in [9.17, 15) is 9.59 Å². The van der Waals surface area contributed by atoms with E-state index in [2.05, 4.69) is 10.6 Å². The fourth-order valence-electron chi connectivity index (χ4n) is 3.00. The molecule has 2 aromatic carbocycles. The van der Waals surface area contributed by atoms with Gasteiger partial charge in [0, 0.05) is 11.4 Å². The Hall–Kier alpha value is -2.86. The van der Waals surface area contributed by atoms with Crippen LogP contribution in [-0.4, -0.2) is 42.5 Å². The van der Waals surface area contributed by atoms with Crippen LogP contribution in [0.2, 0.25) is 0 Å². The lowest BCUT2D eigenvalue weighted by molar-refractivity contribution is -0.123. The molecule has 6 nitrogen and oxygen atoms in total. The number of hydrogen-bond acceptors (Lipinski definition) is 4. The molecule has 0 spiro atoms. The lowest BCUT2D eigenvalue weighted by Crippen LogP contribution is -2.46. The molecule has 0 saturated heterocycles. The summed E-state index contributed by atoms with van der Waals surface area (Å²) < 4.78 is 5.42. The largest absolute Gasteiger partial charge is 0.494 e. The lowest BCUT2D eigenvalue weighted by Gasteiger charge is -2.27. The van der Waals surface area contributed by atoms with Gasteiger partial charge in [-0.05, 0) is 69.6 Å². The topological polar surface area (TPSA) is 70.7 Å². The number of amides is 2. The predicted octanol–water partition coefficient (Wildman–Crippen LogP) is 4.07. The molecule has 2 aromatic rings. The van der Waals surface area contributed by atoms with Crippen molar-refractivity contribution in [3.8, 4) is 5.75 Å². The standard InChI is InChI=1S/C23H31N3O3/c1-5-15-26(16-22(27)25-21-10-8-7-9-17(21)3)18(4)23(28)24-19-11-13-20(14-12-19)29-6-2/h7-14,18H,5-6,15-16H2,1-4H3,(H,24,28)(H,25,27). The molecule has 2 amide bonds. The summed E-state index contributed by atoms with van der Waals surface area (Å²) in [4.78, 5) is 27.1. The second kappa shape index (κ2) is 11.2. The molecule has 0 radical (unpaired) electrons. The van der Waals surface area contributed by atoms with Crippen LogP contribution >= 0.6 is 0 Å². The number of carbonyl (C=O) groups excluding carboxylic acids is 2. The molecule has 2 rings (SSSR count). The van der Waals surface area contributed by atoms with E-state index in [0.717, 1.165) is 23.4 Å². The maximum atomic E-state index is 12.7. The van der Waals surface area contributed by atoms with Gasteiger partial charge in [-0.25, -0.2) is 0 Å². The first kappa shape index (κ1) is 22.4. The third kappa shape index (κ3) is 6.91. The molecular weight excluding hydrogens is 366 g/mol. The molecule has 0 aliphatic heterocycles. The number of benzene rings is 2. The van der Waals surface area contributed by atoms with Gasteiger partial charge in [-0.3, -0.25) is 14.5 Å². The zero-order valence-electron chi connectivity index (χ0n) is 17.7. The monoisotopic (exact) mass is 397 g/mol. The van der Waals surface area contributed by atoms with Crippen LogP contribution in [0.1, 0.15) is 32.8 Å². The highest BCUT2D eigenvalue weighted by Crippen LogP contribution is 2.17. The fourth-order valence-corrected chi connectivity index (χ4v) is 3.00. The number of nitrogens with one attached hydrogen (secondary N) is 2. The van der Waals surface area contributed by atoms with Crippen molar-refractivity contribution in [3.63, 3.8) is 0 Å². The van der Waals surface area contributed by atoms with Gasteiger partial charge in [-0.15, -0.1) is 0 Å². The average molecular weight is 398 g/mol. The molecule has 0 aromatic heterocycles. The minimum atomic E-state index is -0.441. The Morgan fingerprint density at radius 3 is 2.34 bits per heavy atom. The van der Waals surface area contributed by atoms with Crippen molar-refractivity contribution in [1.29, 1.82) is 0 Å².